The third-order valence-corrected chi connectivity index (χ3v) is 13.5. The molecule has 0 aromatic heterocycles. The zero-order valence-electron chi connectivity index (χ0n) is 37.3. The number of hydrogen-bond donors (Lipinski definition) is 2. The van der Waals surface area contributed by atoms with Gasteiger partial charge in [-0.15, -0.1) is 0 Å². The number of nitrogens with one attached hydrogen (secondary N) is 2. The Morgan fingerprint density at radius 3 is 1.41 bits per heavy atom. The van der Waals surface area contributed by atoms with Crippen molar-refractivity contribution >= 4 is 47.1 Å². The fraction of sp³-hybridized carbons (Fsp3) is 0.400. The highest BCUT2D eigenvalue weighted by atomic mass is 32.2. The molecule has 4 aromatic rings. The Hall–Kier alpha value is -5.63. The molecular weight excluding hydrogens is 813 g/mol. The van der Waals surface area contributed by atoms with Crippen molar-refractivity contribution in [3.63, 3.8) is 0 Å². The van der Waals surface area contributed by atoms with E-state index < -0.39 is 9.85 Å². The smallest absolute Gasteiger partial charge is 0.291 e. The maximum absolute atomic E-state index is 13.4. The lowest BCUT2D eigenvalue weighted by Gasteiger charge is -2.19. The Balaban J connectivity index is 1.42. The molecule has 332 valence electrons. The second-order valence-electron chi connectivity index (χ2n) is 17.2. The van der Waals surface area contributed by atoms with Gasteiger partial charge < -0.3 is 20.4 Å². The molecule has 0 saturated carbocycles. The summed E-state index contributed by atoms with van der Waals surface area (Å²) in [6.07, 6.45) is 12.2. The van der Waals surface area contributed by atoms with Crippen LogP contribution in [0.1, 0.15) is 100 Å². The summed E-state index contributed by atoms with van der Waals surface area (Å²) in [4.78, 5) is 57.1. The number of rotatable bonds is 18. The molecule has 63 heavy (non-hydrogen) atoms. The number of likely N-dealkylation sites (tertiary alicyclic amines) is 2. The quantitative estimate of drug-likeness (QED) is 0.0565. The summed E-state index contributed by atoms with van der Waals surface area (Å²) in [7, 11) is 4.20. The summed E-state index contributed by atoms with van der Waals surface area (Å²) in [5.74, 6) is -0.582. The van der Waals surface area contributed by atoms with Gasteiger partial charge in [0.25, 0.3) is 11.4 Å². The molecule has 0 radical (unpaired) electrons. The lowest BCUT2D eigenvalue weighted by molar-refractivity contribution is -0.387. The number of hydrogen-bond acceptors (Lipinski definition) is 9. The van der Waals surface area contributed by atoms with Crippen LogP contribution in [0.2, 0.25) is 0 Å². The van der Waals surface area contributed by atoms with Crippen LogP contribution in [0, 0.1) is 20.2 Å². The van der Waals surface area contributed by atoms with Crippen molar-refractivity contribution in [1.82, 2.24) is 20.4 Å². The molecule has 2 aliphatic rings. The molecule has 2 atom stereocenters. The Kier molecular flexibility index (Phi) is 16.1. The van der Waals surface area contributed by atoms with Crippen LogP contribution in [-0.2, 0) is 9.59 Å². The maximum atomic E-state index is 13.4. The second-order valence-corrected chi connectivity index (χ2v) is 18.3. The molecule has 0 spiro atoms. The average Bonchev–Trinajstić information content (AvgIpc) is 3.87. The van der Waals surface area contributed by atoms with Crippen LogP contribution < -0.4 is 10.6 Å². The van der Waals surface area contributed by atoms with Gasteiger partial charge in [0.05, 0.1) is 30.8 Å². The number of nitro benzene ring substituents is 2. The van der Waals surface area contributed by atoms with Gasteiger partial charge >= 0.3 is 0 Å². The lowest BCUT2D eigenvalue weighted by atomic mass is 9.89. The minimum Gasteiger partial charge on any atom is -0.352 e. The summed E-state index contributed by atoms with van der Waals surface area (Å²) < 4.78 is 0. The molecule has 2 aliphatic heterocycles. The summed E-state index contributed by atoms with van der Waals surface area (Å²) in [5.41, 5.74) is 4.19. The average molecular weight is 873 g/mol. The zero-order chi connectivity index (χ0) is 45.2. The van der Waals surface area contributed by atoms with Crippen molar-refractivity contribution in [2.24, 2.45) is 0 Å². The van der Waals surface area contributed by atoms with Crippen LogP contribution in [-0.4, -0.2) is 83.8 Å². The topological polar surface area (TPSA) is 151 Å². The van der Waals surface area contributed by atoms with E-state index in [-0.39, 0.29) is 44.8 Å². The van der Waals surface area contributed by atoms with Gasteiger partial charge in [-0.2, -0.15) is 0 Å². The van der Waals surface area contributed by atoms with E-state index >= 15 is 0 Å². The van der Waals surface area contributed by atoms with E-state index in [0.717, 1.165) is 74.5 Å². The highest BCUT2D eigenvalue weighted by Gasteiger charge is 2.31. The molecule has 0 aliphatic carbocycles. The Labute approximate surface area is 375 Å². The number of nitrogens with zero attached hydrogens (tertiary/aromatic N) is 4. The van der Waals surface area contributed by atoms with Crippen molar-refractivity contribution in [2.45, 2.75) is 99.9 Å². The summed E-state index contributed by atoms with van der Waals surface area (Å²) in [6.45, 7) is 11.2. The minimum atomic E-state index is -0.439. The molecule has 12 nitrogen and oxygen atoms in total. The molecule has 2 amide bonds. The van der Waals surface area contributed by atoms with E-state index in [1.807, 2.05) is 76.2 Å². The third kappa shape index (κ3) is 11.5. The van der Waals surface area contributed by atoms with Gasteiger partial charge in [0.15, 0.2) is 0 Å². The zero-order valence-corrected chi connectivity index (χ0v) is 38.1. The maximum Gasteiger partial charge on any atom is 0.291 e. The van der Waals surface area contributed by atoms with Crippen LogP contribution in [0.5, 0.6) is 0 Å². The molecule has 6 rings (SSSR count). The van der Waals surface area contributed by atoms with Crippen LogP contribution in [0.3, 0.4) is 0 Å². The van der Waals surface area contributed by atoms with Crippen molar-refractivity contribution in [3.8, 4) is 22.3 Å². The van der Waals surface area contributed by atoms with Crippen molar-refractivity contribution in [3.05, 3.63) is 127 Å². The second kappa shape index (κ2) is 21.6. The van der Waals surface area contributed by atoms with Crippen LogP contribution in [0.15, 0.2) is 94.7 Å². The minimum absolute atomic E-state index is 0.00677. The Morgan fingerprint density at radius 1 is 0.667 bits per heavy atom. The fourth-order valence-corrected chi connectivity index (χ4v) is 10.0. The first-order valence-electron chi connectivity index (χ1n) is 22.1. The van der Waals surface area contributed by atoms with E-state index in [0.29, 0.717) is 58.6 Å². The molecule has 2 unspecified atom stereocenters. The van der Waals surface area contributed by atoms with Crippen molar-refractivity contribution in [1.29, 1.82) is 0 Å². The predicted molar refractivity (Wildman–Crippen MR) is 254 cm³/mol. The lowest BCUT2D eigenvalue weighted by Crippen LogP contribution is -2.31. The monoisotopic (exact) mass is 872 g/mol. The molecule has 4 aromatic carbocycles. The molecule has 2 heterocycles. The Morgan fingerprint density at radius 2 is 1.06 bits per heavy atom. The number of nitro groups is 2. The molecule has 0 bridgehead atoms. The largest absolute Gasteiger partial charge is 0.352 e. The standard InChI is InChI=1S/C50H60N6O6S/c1-33(2)39-15-7-9-17-41(39)47-35(21-25-45(57)51-29-27-37-13-11-31-53(37)5)19-23-43(49(47)55(59)60)63-44-24-20-36(22-26-46(58)52-30-28-38-14-12-32-54(38)6)48(50(44)56(61)62)42-18-10-8-16-40(42)34(3)4/h7-10,15-26,33-34,37-38H,11-14,27-32H2,1-6H3,(H,51,57)(H,52,58). The molecule has 2 fully saturated rings. The SMILES string of the molecule is CC(C)c1ccccc1-c1c(C=CC(=O)NCCC2CCCN2C)ccc(Sc2ccc(C=CC(=O)NCCC3CCCN3C)c(-c3ccccc3C(C)C)c2[N+](=O)[O-])c1[N+](=O)[O-]. The Bertz CT molecular complexity index is 2210. The van der Waals surface area contributed by atoms with Crippen molar-refractivity contribution in [2.75, 3.05) is 40.3 Å². The summed E-state index contributed by atoms with van der Waals surface area (Å²) >= 11 is 0.958. The van der Waals surface area contributed by atoms with Gasteiger partial charge in [0.1, 0.15) is 0 Å². The first kappa shape index (κ1) is 46.9. The van der Waals surface area contributed by atoms with Gasteiger partial charge in [0.2, 0.25) is 11.8 Å². The predicted octanol–water partition coefficient (Wildman–Crippen LogP) is 10.5. The highest BCUT2D eigenvalue weighted by Crippen LogP contribution is 2.50. The van der Waals surface area contributed by atoms with Gasteiger partial charge in [-0.3, -0.25) is 29.8 Å². The van der Waals surface area contributed by atoms with Gasteiger partial charge in [-0.25, -0.2) is 0 Å². The van der Waals surface area contributed by atoms with Crippen molar-refractivity contribution < 1.29 is 19.4 Å². The number of amides is 2. The normalized spacial score (nSPS) is 17.1. The third-order valence-electron chi connectivity index (χ3n) is 12.4. The van der Waals surface area contributed by atoms with E-state index in [2.05, 4.69) is 34.5 Å². The van der Waals surface area contributed by atoms with Crippen LogP contribution in [0.4, 0.5) is 11.4 Å². The summed E-state index contributed by atoms with van der Waals surface area (Å²) in [5, 5.41) is 32.7. The van der Waals surface area contributed by atoms with E-state index in [1.54, 1.807) is 36.4 Å². The van der Waals surface area contributed by atoms with E-state index in [4.69, 9.17) is 0 Å². The molecular formula is C50H60N6O6S. The molecule has 13 heteroatoms. The molecule has 2 N–H and O–H groups in total. The number of carbonyl (C=O) groups excluding carboxylic acids is 2. The van der Waals surface area contributed by atoms with Gasteiger partial charge in [0, 0.05) is 37.3 Å². The van der Waals surface area contributed by atoms with Gasteiger partial charge in [-0.1, -0.05) is 100 Å². The number of benzene rings is 4. The van der Waals surface area contributed by atoms with Crippen LogP contribution in [0.25, 0.3) is 34.4 Å². The van der Waals surface area contributed by atoms with Gasteiger partial charge in [-0.05, 0) is 135 Å². The first-order valence-corrected chi connectivity index (χ1v) is 22.9. The molecule has 2 saturated heterocycles. The number of carbonyl (C=O) groups is 2. The first-order chi connectivity index (χ1) is 30.2. The van der Waals surface area contributed by atoms with E-state index in [9.17, 15) is 29.8 Å². The highest BCUT2D eigenvalue weighted by molar-refractivity contribution is 7.99. The summed E-state index contributed by atoms with van der Waals surface area (Å²) in [6, 6.07) is 22.5. The van der Waals surface area contributed by atoms with Crippen LogP contribution >= 0.6 is 11.8 Å². The fourth-order valence-electron chi connectivity index (χ4n) is 8.98. The van der Waals surface area contributed by atoms with E-state index in [1.165, 1.54) is 12.2 Å².